The topological polar surface area (TPSA) is 36.0 Å². The van der Waals surface area contributed by atoms with Crippen LogP contribution in [0.15, 0.2) is 48.5 Å². The first kappa shape index (κ1) is 18.1. The summed E-state index contributed by atoms with van der Waals surface area (Å²) in [4.78, 5) is 19.3. The number of nitrogens with zero attached hydrogens (tertiary/aromatic N) is 3. The lowest BCUT2D eigenvalue weighted by Gasteiger charge is -2.36. The largest absolute Gasteiger partial charge is 0.378 e. The molecule has 6 heteroatoms. The molecule has 2 aromatic rings. The lowest BCUT2D eigenvalue weighted by atomic mass is 10.1. The SMILES string of the molecule is O=C(c1ccc(N2CCOCC2)cc1)N1CCN(c2cccc(Cl)c2)CC1. The van der Waals surface area contributed by atoms with Crippen LogP contribution in [0.1, 0.15) is 10.4 Å². The van der Waals surface area contributed by atoms with Gasteiger partial charge in [0.25, 0.3) is 5.91 Å². The smallest absolute Gasteiger partial charge is 0.253 e. The number of halogens is 1. The zero-order valence-corrected chi connectivity index (χ0v) is 16.1. The Morgan fingerprint density at radius 3 is 2.15 bits per heavy atom. The van der Waals surface area contributed by atoms with Gasteiger partial charge in [0.2, 0.25) is 0 Å². The summed E-state index contributed by atoms with van der Waals surface area (Å²) in [5.41, 5.74) is 3.02. The van der Waals surface area contributed by atoms with E-state index in [9.17, 15) is 4.79 Å². The lowest BCUT2D eigenvalue weighted by Crippen LogP contribution is -2.48. The van der Waals surface area contributed by atoms with E-state index in [-0.39, 0.29) is 5.91 Å². The predicted molar refractivity (Wildman–Crippen MR) is 109 cm³/mol. The van der Waals surface area contributed by atoms with Gasteiger partial charge < -0.3 is 19.4 Å². The molecule has 1 amide bonds. The molecule has 142 valence electrons. The Morgan fingerprint density at radius 1 is 0.815 bits per heavy atom. The minimum atomic E-state index is 0.106. The normalized spacial score (nSPS) is 17.9. The fourth-order valence-corrected chi connectivity index (χ4v) is 3.84. The number of piperazine rings is 1. The van der Waals surface area contributed by atoms with Crippen LogP contribution in [0.25, 0.3) is 0 Å². The fraction of sp³-hybridized carbons (Fsp3) is 0.381. The van der Waals surface area contributed by atoms with E-state index in [1.807, 2.05) is 47.4 Å². The van der Waals surface area contributed by atoms with E-state index in [2.05, 4.69) is 15.9 Å². The summed E-state index contributed by atoms with van der Waals surface area (Å²) in [5.74, 6) is 0.106. The molecule has 0 radical (unpaired) electrons. The Balaban J connectivity index is 1.36. The number of ether oxygens (including phenoxy) is 1. The molecule has 2 aliphatic rings. The summed E-state index contributed by atoms with van der Waals surface area (Å²) in [6.07, 6.45) is 0. The molecule has 2 fully saturated rings. The number of benzene rings is 2. The summed E-state index contributed by atoms with van der Waals surface area (Å²) in [5, 5.41) is 0.742. The lowest BCUT2D eigenvalue weighted by molar-refractivity contribution is 0.0746. The Labute approximate surface area is 165 Å². The Bertz CT molecular complexity index is 782. The van der Waals surface area contributed by atoms with Crippen molar-refractivity contribution in [2.45, 2.75) is 0 Å². The van der Waals surface area contributed by atoms with E-state index < -0.39 is 0 Å². The van der Waals surface area contributed by atoms with Crippen LogP contribution in [0, 0.1) is 0 Å². The first-order valence-electron chi connectivity index (χ1n) is 9.43. The van der Waals surface area contributed by atoms with Crippen LogP contribution in [-0.2, 0) is 4.74 Å². The van der Waals surface area contributed by atoms with E-state index in [0.29, 0.717) is 0 Å². The van der Waals surface area contributed by atoms with Gasteiger partial charge in [0.1, 0.15) is 0 Å². The molecule has 0 aliphatic carbocycles. The van der Waals surface area contributed by atoms with Crippen molar-refractivity contribution < 1.29 is 9.53 Å². The van der Waals surface area contributed by atoms with Gasteiger partial charge in [0, 0.05) is 61.2 Å². The van der Waals surface area contributed by atoms with Crippen molar-refractivity contribution in [3.8, 4) is 0 Å². The second-order valence-electron chi connectivity index (χ2n) is 6.91. The van der Waals surface area contributed by atoms with Crippen molar-refractivity contribution in [2.24, 2.45) is 0 Å². The molecule has 0 unspecified atom stereocenters. The highest BCUT2D eigenvalue weighted by atomic mass is 35.5. The van der Waals surface area contributed by atoms with E-state index in [1.54, 1.807) is 0 Å². The summed E-state index contributed by atoms with van der Waals surface area (Å²) in [7, 11) is 0. The molecule has 0 saturated carbocycles. The molecule has 2 saturated heterocycles. The highest BCUT2D eigenvalue weighted by Gasteiger charge is 2.22. The summed E-state index contributed by atoms with van der Waals surface area (Å²) in [6.45, 7) is 6.40. The van der Waals surface area contributed by atoms with Gasteiger partial charge in [0.05, 0.1) is 13.2 Å². The van der Waals surface area contributed by atoms with Crippen LogP contribution in [0.5, 0.6) is 0 Å². The molecule has 0 bridgehead atoms. The van der Waals surface area contributed by atoms with E-state index in [1.165, 1.54) is 0 Å². The van der Waals surface area contributed by atoms with Gasteiger partial charge in [-0.3, -0.25) is 4.79 Å². The van der Waals surface area contributed by atoms with E-state index in [0.717, 1.165) is 74.4 Å². The molecular formula is C21H24ClN3O2. The average Bonchev–Trinajstić information content (AvgIpc) is 2.74. The second kappa shape index (κ2) is 8.19. The molecule has 2 aromatic carbocycles. The number of hydrogen-bond donors (Lipinski definition) is 0. The van der Waals surface area contributed by atoms with Crippen molar-refractivity contribution in [2.75, 3.05) is 62.3 Å². The van der Waals surface area contributed by atoms with E-state index in [4.69, 9.17) is 16.3 Å². The monoisotopic (exact) mass is 385 g/mol. The molecular weight excluding hydrogens is 362 g/mol. The van der Waals surface area contributed by atoms with Crippen LogP contribution in [0.2, 0.25) is 5.02 Å². The van der Waals surface area contributed by atoms with Crippen molar-refractivity contribution in [3.05, 3.63) is 59.1 Å². The molecule has 4 rings (SSSR count). The third kappa shape index (κ3) is 4.20. The number of anilines is 2. The second-order valence-corrected chi connectivity index (χ2v) is 7.34. The van der Waals surface area contributed by atoms with Crippen molar-refractivity contribution in [1.29, 1.82) is 0 Å². The standard InChI is InChI=1S/C21H24ClN3O2/c22-18-2-1-3-20(16-18)23-8-10-25(11-9-23)21(26)17-4-6-19(7-5-17)24-12-14-27-15-13-24/h1-7,16H,8-15H2. The first-order valence-corrected chi connectivity index (χ1v) is 9.81. The van der Waals surface area contributed by atoms with E-state index >= 15 is 0 Å². The quantitative estimate of drug-likeness (QED) is 0.813. The maximum Gasteiger partial charge on any atom is 0.253 e. The average molecular weight is 386 g/mol. The van der Waals surface area contributed by atoms with Crippen LogP contribution in [0.3, 0.4) is 0 Å². The zero-order valence-electron chi connectivity index (χ0n) is 15.3. The fourth-order valence-electron chi connectivity index (χ4n) is 3.66. The number of rotatable bonds is 3. The molecule has 5 nitrogen and oxygen atoms in total. The van der Waals surface area contributed by atoms with Crippen molar-refractivity contribution >= 4 is 28.9 Å². The predicted octanol–water partition coefficient (Wildman–Crippen LogP) is 3.14. The molecule has 2 heterocycles. The highest BCUT2D eigenvalue weighted by molar-refractivity contribution is 6.30. The third-order valence-electron chi connectivity index (χ3n) is 5.23. The summed E-state index contributed by atoms with van der Waals surface area (Å²) < 4.78 is 5.40. The Morgan fingerprint density at radius 2 is 1.48 bits per heavy atom. The number of hydrogen-bond acceptors (Lipinski definition) is 4. The third-order valence-corrected chi connectivity index (χ3v) is 5.47. The summed E-state index contributed by atoms with van der Waals surface area (Å²) in [6, 6.07) is 15.8. The molecule has 0 N–H and O–H groups in total. The Hall–Kier alpha value is -2.24. The number of carbonyl (C=O) groups excluding carboxylic acids is 1. The van der Waals surface area contributed by atoms with Gasteiger partial charge >= 0.3 is 0 Å². The first-order chi connectivity index (χ1) is 13.2. The maximum absolute atomic E-state index is 12.8. The van der Waals surface area contributed by atoms with Gasteiger partial charge in [-0.2, -0.15) is 0 Å². The summed E-state index contributed by atoms with van der Waals surface area (Å²) >= 11 is 6.09. The van der Waals surface area contributed by atoms with Gasteiger partial charge in [-0.25, -0.2) is 0 Å². The highest BCUT2D eigenvalue weighted by Crippen LogP contribution is 2.22. The van der Waals surface area contributed by atoms with Gasteiger partial charge in [0.15, 0.2) is 0 Å². The molecule has 2 aliphatic heterocycles. The molecule has 0 atom stereocenters. The van der Waals surface area contributed by atoms with Crippen LogP contribution in [-0.4, -0.2) is 63.3 Å². The minimum absolute atomic E-state index is 0.106. The number of morpholine rings is 1. The van der Waals surface area contributed by atoms with Crippen LogP contribution in [0.4, 0.5) is 11.4 Å². The minimum Gasteiger partial charge on any atom is -0.378 e. The van der Waals surface area contributed by atoms with Crippen LogP contribution < -0.4 is 9.80 Å². The van der Waals surface area contributed by atoms with Gasteiger partial charge in [-0.15, -0.1) is 0 Å². The molecule has 27 heavy (non-hydrogen) atoms. The molecule has 0 spiro atoms. The zero-order chi connectivity index (χ0) is 18.6. The maximum atomic E-state index is 12.8. The van der Waals surface area contributed by atoms with Crippen molar-refractivity contribution in [1.82, 2.24) is 4.90 Å². The van der Waals surface area contributed by atoms with Gasteiger partial charge in [-0.05, 0) is 42.5 Å². The Kier molecular flexibility index (Phi) is 5.50. The van der Waals surface area contributed by atoms with Gasteiger partial charge in [-0.1, -0.05) is 17.7 Å². The molecule has 0 aromatic heterocycles. The number of carbonyl (C=O) groups is 1. The van der Waals surface area contributed by atoms with Crippen molar-refractivity contribution in [3.63, 3.8) is 0 Å². The number of amides is 1. The van der Waals surface area contributed by atoms with Crippen LogP contribution >= 0.6 is 11.6 Å².